The Labute approximate surface area is 94.7 Å². The summed E-state index contributed by atoms with van der Waals surface area (Å²) < 4.78 is 5.31. The molecule has 0 radical (unpaired) electrons. The van der Waals surface area contributed by atoms with Crippen molar-refractivity contribution in [2.75, 3.05) is 31.8 Å². The van der Waals surface area contributed by atoms with E-state index < -0.39 is 0 Å². The predicted molar refractivity (Wildman–Crippen MR) is 60.9 cm³/mol. The summed E-state index contributed by atoms with van der Waals surface area (Å²) in [5, 5.41) is 3.22. The Hall–Kier alpha value is -0.260. The van der Waals surface area contributed by atoms with Crippen LogP contribution in [0.4, 0.5) is 0 Å². The largest absolute Gasteiger partial charge is 0.380 e. The number of carbonyl (C=O) groups excluding carboxylic acids is 1. The van der Waals surface area contributed by atoms with Crippen molar-refractivity contribution < 1.29 is 9.53 Å². The van der Waals surface area contributed by atoms with E-state index in [0.29, 0.717) is 0 Å². The molecule has 4 nitrogen and oxygen atoms in total. The fourth-order valence-corrected chi connectivity index (χ4v) is 3.04. The fraction of sp³-hybridized carbons (Fsp3) is 0.900. The zero-order valence-corrected chi connectivity index (χ0v) is 9.89. The van der Waals surface area contributed by atoms with Gasteiger partial charge in [0.15, 0.2) is 0 Å². The maximum atomic E-state index is 12.1. The van der Waals surface area contributed by atoms with Gasteiger partial charge in [-0.15, -0.1) is 11.8 Å². The van der Waals surface area contributed by atoms with Crippen LogP contribution in [0, 0.1) is 0 Å². The Morgan fingerprint density at radius 3 is 3.13 bits per heavy atom. The minimum absolute atomic E-state index is 0.0330. The van der Waals surface area contributed by atoms with Crippen molar-refractivity contribution in [2.45, 2.75) is 25.0 Å². The van der Waals surface area contributed by atoms with Crippen LogP contribution < -0.4 is 5.32 Å². The number of nitrogens with one attached hydrogen (secondary N) is 1. The summed E-state index contributed by atoms with van der Waals surface area (Å²) in [5.41, 5.74) is 0. The molecular weight excluding hydrogens is 212 g/mol. The Balaban J connectivity index is 1.88. The third kappa shape index (κ3) is 2.65. The lowest BCUT2D eigenvalue weighted by atomic mass is 10.1. The quantitative estimate of drug-likeness (QED) is 0.740. The number of ether oxygens (including phenoxy) is 1. The van der Waals surface area contributed by atoms with Gasteiger partial charge in [-0.3, -0.25) is 10.1 Å². The average molecular weight is 230 g/mol. The number of amides is 1. The number of hydrogen-bond donors (Lipinski definition) is 1. The fourth-order valence-electron chi connectivity index (χ4n) is 2.10. The van der Waals surface area contributed by atoms with Gasteiger partial charge < -0.3 is 9.64 Å². The summed E-state index contributed by atoms with van der Waals surface area (Å²) in [6, 6.07) is 0.0330. The molecule has 2 saturated heterocycles. The molecule has 0 aromatic rings. The molecule has 0 aliphatic carbocycles. The normalized spacial score (nSPS) is 31.9. The van der Waals surface area contributed by atoms with Crippen molar-refractivity contribution in [3.8, 4) is 0 Å². The second kappa shape index (κ2) is 5.18. The standard InChI is InChI=1S/C10H18N2O2S/c1-14-8-3-2-4-12(5-8)10(13)9-6-15-7-11-9/h8-9,11H,2-7H2,1H3. The van der Waals surface area contributed by atoms with Crippen molar-refractivity contribution >= 4 is 17.7 Å². The molecule has 0 spiro atoms. The van der Waals surface area contributed by atoms with Crippen molar-refractivity contribution in [1.82, 2.24) is 10.2 Å². The van der Waals surface area contributed by atoms with Crippen LogP contribution in [0.25, 0.3) is 0 Å². The van der Waals surface area contributed by atoms with Gasteiger partial charge in [0.05, 0.1) is 12.1 Å². The average Bonchev–Trinajstić information content (AvgIpc) is 2.81. The van der Waals surface area contributed by atoms with Gasteiger partial charge in [-0.05, 0) is 12.8 Å². The summed E-state index contributed by atoms with van der Waals surface area (Å²) >= 11 is 1.79. The smallest absolute Gasteiger partial charge is 0.240 e. The molecule has 0 aromatic carbocycles. The zero-order chi connectivity index (χ0) is 10.7. The van der Waals surface area contributed by atoms with E-state index in [1.54, 1.807) is 18.9 Å². The van der Waals surface area contributed by atoms with Gasteiger partial charge in [-0.2, -0.15) is 0 Å². The van der Waals surface area contributed by atoms with E-state index in [0.717, 1.165) is 37.6 Å². The highest BCUT2D eigenvalue weighted by Gasteiger charge is 2.30. The Bertz CT molecular complexity index is 231. The second-order valence-electron chi connectivity index (χ2n) is 4.06. The highest BCUT2D eigenvalue weighted by atomic mass is 32.2. The number of methoxy groups -OCH3 is 1. The maximum absolute atomic E-state index is 12.1. The number of piperidine rings is 1. The topological polar surface area (TPSA) is 41.6 Å². The van der Waals surface area contributed by atoms with Crippen LogP contribution in [0.5, 0.6) is 0 Å². The highest BCUT2D eigenvalue weighted by Crippen LogP contribution is 2.17. The molecule has 2 heterocycles. The van der Waals surface area contributed by atoms with Crippen molar-refractivity contribution in [3.63, 3.8) is 0 Å². The summed E-state index contributed by atoms with van der Waals surface area (Å²) in [5.74, 6) is 2.06. The van der Waals surface area contributed by atoms with E-state index in [4.69, 9.17) is 4.74 Å². The molecule has 2 aliphatic rings. The number of rotatable bonds is 2. The molecule has 0 saturated carbocycles. The molecule has 2 fully saturated rings. The lowest BCUT2D eigenvalue weighted by Gasteiger charge is -2.33. The van der Waals surface area contributed by atoms with Crippen LogP contribution in [-0.2, 0) is 9.53 Å². The van der Waals surface area contributed by atoms with E-state index in [1.807, 2.05) is 4.90 Å². The lowest BCUT2D eigenvalue weighted by Crippen LogP contribution is -2.50. The van der Waals surface area contributed by atoms with Crippen LogP contribution >= 0.6 is 11.8 Å². The van der Waals surface area contributed by atoms with Gasteiger partial charge >= 0.3 is 0 Å². The van der Waals surface area contributed by atoms with E-state index in [1.165, 1.54) is 0 Å². The van der Waals surface area contributed by atoms with Crippen LogP contribution in [0.1, 0.15) is 12.8 Å². The van der Waals surface area contributed by atoms with Gasteiger partial charge in [-0.1, -0.05) is 0 Å². The summed E-state index contributed by atoms with van der Waals surface area (Å²) in [7, 11) is 1.72. The molecule has 1 amide bonds. The number of thioether (sulfide) groups is 1. The molecular formula is C10H18N2O2S. The molecule has 2 unspecified atom stereocenters. The predicted octanol–water partition coefficient (Wildman–Crippen LogP) is 0.286. The number of nitrogens with zero attached hydrogens (tertiary/aromatic N) is 1. The third-order valence-electron chi connectivity index (χ3n) is 3.04. The number of hydrogen-bond acceptors (Lipinski definition) is 4. The first-order valence-corrected chi connectivity index (χ1v) is 6.59. The van der Waals surface area contributed by atoms with Crippen LogP contribution in [0.15, 0.2) is 0 Å². The second-order valence-corrected chi connectivity index (χ2v) is 5.09. The Morgan fingerprint density at radius 1 is 1.60 bits per heavy atom. The van der Waals surface area contributed by atoms with E-state index >= 15 is 0 Å². The molecule has 86 valence electrons. The Kier molecular flexibility index (Phi) is 3.88. The minimum Gasteiger partial charge on any atom is -0.380 e. The monoisotopic (exact) mass is 230 g/mol. The maximum Gasteiger partial charge on any atom is 0.240 e. The summed E-state index contributed by atoms with van der Waals surface area (Å²) in [4.78, 5) is 14.0. The molecule has 2 rings (SSSR count). The minimum atomic E-state index is 0.0330. The third-order valence-corrected chi connectivity index (χ3v) is 3.98. The van der Waals surface area contributed by atoms with Crippen molar-refractivity contribution in [1.29, 1.82) is 0 Å². The molecule has 2 atom stereocenters. The SMILES string of the molecule is COC1CCCN(C(=O)C2CSCN2)C1. The molecule has 0 bridgehead atoms. The highest BCUT2D eigenvalue weighted by molar-refractivity contribution is 7.99. The Morgan fingerprint density at radius 2 is 2.47 bits per heavy atom. The van der Waals surface area contributed by atoms with Gasteiger partial charge in [-0.25, -0.2) is 0 Å². The lowest BCUT2D eigenvalue weighted by molar-refractivity contribution is -0.136. The van der Waals surface area contributed by atoms with E-state index in [-0.39, 0.29) is 18.1 Å². The van der Waals surface area contributed by atoms with Crippen molar-refractivity contribution in [2.24, 2.45) is 0 Å². The molecule has 15 heavy (non-hydrogen) atoms. The van der Waals surface area contributed by atoms with Crippen LogP contribution in [0.2, 0.25) is 0 Å². The van der Waals surface area contributed by atoms with Crippen LogP contribution in [0.3, 0.4) is 0 Å². The first-order chi connectivity index (χ1) is 7.31. The summed E-state index contributed by atoms with van der Waals surface area (Å²) in [6.45, 7) is 1.65. The number of likely N-dealkylation sites (tertiary alicyclic amines) is 1. The number of carbonyl (C=O) groups is 1. The van der Waals surface area contributed by atoms with Gasteiger partial charge in [0.1, 0.15) is 0 Å². The molecule has 2 aliphatic heterocycles. The first-order valence-electron chi connectivity index (χ1n) is 5.44. The van der Waals surface area contributed by atoms with Gasteiger partial charge in [0.25, 0.3) is 0 Å². The summed E-state index contributed by atoms with van der Waals surface area (Å²) in [6.07, 6.45) is 2.37. The molecule has 0 aromatic heterocycles. The van der Waals surface area contributed by atoms with Gasteiger partial charge in [0.2, 0.25) is 5.91 Å². The zero-order valence-electron chi connectivity index (χ0n) is 9.07. The van der Waals surface area contributed by atoms with Gasteiger partial charge in [0, 0.05) is 31.8 Å². The molecule has 1 N–H and O–H groups in total. The van der Waals surface area contributed by atoms with E-state index in [2.05, 4.69) is 5.32 Å². The first kappa shape index (κ1) is 11.2. The molecule has 5 heteroatoms. The van der Waals surface area contributed by atoms with Crippen molar-refractivity contribution in [3.05, 3.63) is 0 Å². The van der Waals surface area contributed by atoms with E-state index in [9.17, 15) is 4.79 Å². The van der Waals surface area contributed by atoms with Crippen LogP contribution in [-0.4, -0.2) is 54.8 Å².